The molecule has 0 heterocycles. The van der Waals surface area contributed by atoms with Crippen LogP contribution in [0.3, 0.4) is 0 Å². The minimum atomic E-state index is -0.547. The standard InChI is InChI=1S/C22H22ClNO2S/c1-16(26-21-11-5-8-18-7-2-3-10-20(18)21)22(25)24-12-13-27-15-17-6-4-9-19(23)14-17/h2-11,14,16H,12-13,15H2,1H3,(H,24,25). The van der Waals surface area contributed by atoms with Gasteiger partial charge in [0.2, 0.25) is 0 Å². The van der Waals surface area contributed by atoms with Gasteiger partial charge in [-0.1, -0.05) is 60.1 Å². The van der Waals surface area contributed by atoms with Gasteiger partial charge in [0.1, 0.15) is 5.75 Å². The number of benzene rings is 3. The number of amides is 1. The zero-order valence-corrected chi connectivity index (χ0v) is 16.7. The Morgan fingerprint density at radius 2 is 1.89 bits per heavy atom. The second-order valence-corrected chi connectivity index (χ2v) is 7.75. The summed E-state index contributed by atoms with van der Waals surface area (Å²) in [5, 5.41) is 5.80. The summed E-state index contributed by atoms with van der Waals surface area (Å²) in [4.78, 5) is 12.3. The van der Waals surface area contributed by atoms with Gasteiger partial charge in [-0.2, -0.15) is 11.8 Å². The number of halogens is 1. The monoisotopic (exact) mass is 399 g/mol. The molecular weight excluding hydrogens is 378 g/mol. The molecule has 0 aliphatic rings. The maximum atomic E-state index is 12.3. The fourth-order valence-electron chi connectivity index (χ4n) is 2.75. The predicted octanol–water partition coefficient (Wildman–Crippen LogP) is 5.31. The molecule has 3 aromatic rings. The van der Waals surface area contributed by atoms with Crippen LogP contribution in [-0.2, 0) is 10.5 Å². The number of hydrogen-bond donors (Lipinski definition) is 1. The smallest absolute Gasteiger partial charge is 0.260 e. The summed E-state index contributed by atoms with van der Waals surface area (Å²) >= 11 is 7.74. The van der Waals surface area contributed by atoms with E-state index in [-0.39, 0.29) is 5.91 Å². The minimum absolute atomic E-state index is 0.105. The van der Waals surface area contributed by atoms with Crippen molar-refractivity contribution in [3.8, 4) is 5.75 Å². The maximum Gasteiger partial charge on any atom is 0.260 e. The average molecular weight is 400 g/mol. The van der Waals surface area contributed by atoms with E-state index in [4.69, 9.17) is 16.3 Å². The number of carbonyl (C=O) groups is 1. The van der Waals surface area contributed by atoms with Crippen LogP contribution in [0.25, 0.3) is 10.8 Å². The second-order valence-electron chi connectivity index (χ2n) is 6.21. The van der Waals surface area contributed by atoms with Gasteiger partial charge in [-0.3, -0.25) is 4.79 Å². The van der Waals surface area contributed by atoms with Crippen LogP contribution in [0.5, 0.6) is 5.75 Å². The fraction of sp³-hybridized carbons (Fsp3) is 0.227. The van der Waals surface area contributed by atoms with Gasteiger partial charge >= 0.3 is 0 Å². The molecule has 3 aromatic carbocycles. The van der Waals surface area contributed by atoms with E-state index >= 15 is 0 Å². The first-order valence-electron chi connectivity index (χ1n) is 8.88. The first-order valence-corrected chi connectivity index (χ1v) is 10.4. The van der Waals surface area contributed by atoms with Crippen molar-refractivity contribution in [1.82, 2.24) is 5.32 Å². The van der Waals surface area contributed by atoms with E-state index in [2.05, 4.69) is 11.4 Å². The van der Waals surface area contributed by atoms with E-state index < -0.39 is 6.10 Å². The number of hydrogen-bond acceptors (Lipinski definition) is 3. The van der Waals surface area contributed by atoms with Crippen LogP contribution in [0.2, 0.25) is 5.02 Å². The van der Waals surface area contributed by atoms with Gasteiger partial charge in [-0.25, -0.2) is 0 Å². The molecule has 3 rings (SSSR count). The Labute approximate surface area is 169 Å². The van der Waals surface area contributed by atoms with Crippen LogP contribution < -0.4 is 10.1 Å². The topological polar surface area (TPSA) is 38.3 Å². The summed E-state index contributed by atoms with van der Waals surface area (Å²) in [6.07, 6.45) is -0.547. The van der Waals surface area contributed by atoms with Crippen molar-refractivity contribution in [2.75, 3.05) is 12.3 Å². The Morgan fingerprint density at radius 1 is 1.11 bits per heavy atom. The Balaban J connectivity index is 1.44. The van der Waals surface area contributed by atoms with Gasteiger partial charge in [0, 0.05) is 28.5 Å². The van der Waals surface area contributed by atoms with E-state index in [1.54, 1.807) is 18.7 Å². The Bertz CT molecular complexity index is 910. The molecule has 0 bridgehead atoms. The Hall–Kier alpha value is -2.17. The van der Waals surface area contributed by atoms with Crippen LogP contribution in [0.15, 0.2) is 66.7 Å². The lowest BCUT2D eigenvalue weighted by atomic mass is 10.1. The van der Waals surface area contributed by atoms with Crippen molar-refractivity contribution in [3.05, 3.63) is 77.3 Å². The van der Waals surface area contributed by atoms with E-state index in [1.807, 2.05) is 60.7 Å². The number of carbonyl (C=O) groups excluding carboxylic acids is 1. The summed E-state index contributed by atoms with van der Waals surface area (Å²) in [5.41, 5.74) is 1.19. The van der Waals surface area contributed by atoms with E-state index in [1.165, 1.54) is 5.56 Å². The molecule has 1 amide bonds. The summed E-state index contributed by atoms with van der Waals surface area (Å²) < 4.78 is 5.90. The first-order chi connectivity index (χ1) is 13.1. The Kier molecular flexibility index (Phi) is 7.02. The first kappa shape index (κ1) is 19.6. The van der Waals surface area contributed by atoms with Gasteiger partial charge in [-0.05, 0) is 36.1 Å². The third-order valence-corrected chi connectivity index (χ3v) is 5.39. The largest absolute Gasteiger partial charge is 0.480 e. The van der Waals surface area contributed by atoms with E-state index in [9.17, 15) is 4.79 Å². The third kappa shape index (κ3) is 5.65. The highest BCUT2D eigenvalue weighted by Gasteiger charge is 2.15. The van der Waals surface area contributed by atoms with E-state index in [0.29, 0.717) is 6.54 Å². The number of rotatable bonds is 8. The normalized spacial score (nSPS) is 11.9. The Morgan fingerprint density at radius 3 is 2.74 bits per heavy atom. The molecule has 0 aliphatic carbocycles. The maximum absolute atomic E-state index is 12.3. The molecule has 1 atom stereocenters. The zero-order valence-electron chi connectivity index (χ0n) is 15.2. The van der Waals surface area contributed by atoms with Gasteiger partial charge in [0.05, 0.1) is 0 Å². The number of ether oxygens (including phenoxy) is 1. The molecule has 3 nitrogen and oxygen atoms in total. The molecule has 140 valence electrons. The summed E-state index contributed by atoms with van der Waals surface area (Å²) in [6, 6.07) is 21.7. The van der Waals surface area contributed by atoms with Gasteiger partial charge in [-0.15, -0.1) is 0 Å². The van der Waals surface area contributed by atoms with Crippen LogP contribution in [0.4, 0.5) is 0 Å². The van der Waals surface area contributed by atoms with Crippen molar-refractivity contribution < 1.29 is 9.53 Å². The van der Waals surface area contributed by atoms with Crippen molar-refractivity contribution in [1.29, 1.82) is 0 Å². The van der Waals surface area contributed by atoms with Gasteiger partial charge in [0.25, 0.3) is 5.91 Å². The van der Waals surface area contributed by atoms with Crippen LogP contribution in [0.1, 0.15) is 12.5 Å². The highest BCUT2D eigenvalue weighted by molar-refractivity contribution is 7.98. The molecule has 27 heavy (non-hydrogen) atoms. The molecule has 0 saturated heterocycles. The quantitative estimate of drug-likeness (QED) is 0.521. The molecule has 1 unspecified atom stereocenters. The van der Waals surface area contributed by atoms with Gasteiger partial charge in [0.15, 0.2) is 6.10 Å². The summed E-state index contributed by atoms with van der Waals surface area (Å²) in [5.74, 6) is 2.33. The van der Waals surface area contributed by atoms with E-state index in [0.717, 1.165) is 33.1 Å². The van der Waals surface area contributed by atoms with Crippen LogP contribution in [0, 0.1) is 0 Å². The van der Waals surface area contributed by atoms with Crippen LogP contribution >= 0.6 is 23.4 Å². The highest BCUT2D eigenvalue weighted by Crippen LogP contribution is 2.26. The third-order valence-electron chi connectivity index (χ3n) is 4.13. The lowest BCUT2D eigenvalue weighted by Crippen LogP contribution is -2.37. The lowest BCUT2D eigenvalue weighted by Gasteiger charge is -2.16. The molecule has 0 spiro atoms. The second kappa shape index (κ2) is 9.67. The summed E-state index contributed by atoms with van der Waals surface area (Å²) in [7, 11) is 0. The SMILES string of the molecule is CC(Oc1cccc2ccccc12)C(=O)NCCSCc1cccc(Cl)c1. The van der Waals surface area contributed by atoms with Crippen molar-refractivity contribution >= 4 is 40.0 Å². The van der Waals surface area contributed by atoms with Crippen molar-refractivity contribution in [2.24, 2.45) is 0 Å². The molecule has 0 aromatic heterocycles. The average Bonchev–Trinajstić information content (AvgIpc) is 2.68. The highest BCUT2D eigenvalue weighted by atomic mass is 35.5. The number of fused-ring (bicyclic) bond motifs is 1. The molecule has 5 heteroatoms. The fourth-order valence-corrected chi connectivity index (χ4v) is 3.77. The number of thioether (sulfide) groups is 1. The van der Waals surface area contributed by atoms with Crippen LogP contribution in [-0.4, -0.2) is 24.3 Å². The lowest BCUT2D eigenvalue weighted by molar-refractivity contribution is -0.127. The minimum Gasteiger partial charge on any atom is -0.480 e. The zero-order chi connectivity index (χ0) is 19.1. The van der Waals surface area contributed by atoms with Gasteiger partial charge < -0.3 is 10.1 Å². The summed E-state index contributed by atoms with van der Waals surface area (Å²) in [6.45, 7) is 2.38. The van der Waals surface area contributed by atoms with Crippen molar-refractivity contribution in [3.63, 3.8) is 0 Å². The molecule has 0 saturated carbocycles. The molecule has 1 N–H and O–H groups in total. The molecule has 0 radical (unpaired) electrons. The predicted molar refractivity (Wildman–Crippen MR) is 115 cm³/mol. The number of nitrogens with one attached hydrogen (secondary N) is 1. The molecular formula is C22H22ClNO2S. The molecule has 0 fully saturated rings. The molecule has 0 aliphatic heterocycles. The van der Waals surface area contributed by atoms with Crippen molar-refractivity contribution in [2.45, 2.75) is 18.8 Å².